The Morgan fingerprint density at radius 3 is 3.12 bits per heavy atom. The molecule has 1 saturated heterocycles. The summed E-state index contributed by atoms with van der Waals surface area (Å²) >= 11 is 6.31. The van der Waals surface area contributed by atoms with E-state index in [1.54, 1.807) is 12.5 Å². The molecule has 1 atom stereocenters. The highest BCUT2D eigenvalue weighted by molar-refractivity contribution is 6.30. The molecule has 4 nitrogen and oxygen atoms in total. The summed E-state index contributed by atoms with van der Waals surface area (Å²) in [7, 11) is 0. The minimum atomic E-state index is 0.293. The van der Waals surface area contributed by atoms with E-state index in [-0.39, 0.29) is 0 Å². The predicted octanol–water partition coefficient (Wildman–Crippen LogP) is 2.20. The van der Waals surface area contributed by atoms with Gasteiger partial charge in [-0.3, -0.25) is 4.40 Å². The Hall–Kier alpha value is -1.13. The van der Waals surface area contributed by atoms with Gasteiger partial charge in [0.25, 0.3) is 0 Å². The fourth-order valence-corrected chi connectivity index (χ4v) is 2.50. The topological polar surface area (TPSA) is 42.2 Å². The molecule has 0 amide bonds. The van der Waals surface area contributed by atoms with Crippen molar-refractivity contribution in [2.45, 2.75) is 25.3 Å². The lowest BCUT2D eigenvalue weighted by Crippen LogP contribution is -2.27. The van der Waals surface area contributed by atoms with E-state index in [4.69, 9.17) is 11.6 Å². The molecule has 2 aromatic heterocycles. The lowest BCUT2D eigenvalue weighted by Gasteiger charge is -2.21. The maximum Gasteiger partial charge on any atom is 0.141 e. The minimum Gasteiger partial charge on any atom is -0.309 e. The normalized spacial score (nSPS) is 21.4. The smallest absolute Gasteiger partial charge is 0.141 e. The van der Waals surface area contributed by atoms with Crippen LogP contribution < -0.4 is 5.32 Å². The molecule has 1 unspecified atom stereocenters. The maximum absolute atomic E-state index is 6.31. The van der Waals surface area contributed by atoms with Crippen LogP contribution in [0.25, 0.3) is 5.65 Å². The Kier molecular flexibility index (Phi) is 2.53. The molecule has 5 heteroatoms. The van der Waals surface area contributed by atoms with Gasteiger partial charge in [-0.15, -0.1) is 0 Å². The molecule has 0 spiro atoms. The quantitative estimate of drug-likeness (QED) is 0.826. The zero-order chi connectivity index (χ0) is 11.0. The number of aromatic nitrogens is 3. The highest BCUT2D eigenvalue weighted by Crippen LogP contribution is 2.28. The van der Waals surface area contributed by atoms with Crippen molar-refractivity contribution in [2.75, 3.05) is 6.54 Å². The second kappa shape index (κ2) is 4.03. The van der Waals surface area contributed by atoms with E-state index in [0.717, 1.165) is 24.3 Å². The lowest BCUT2D eigenvalue weighted by molar-refractivity contribution is 0.406. The molecule has 0 bridgehead atoms. The molecule has 0 radical (unpaired) electrons. The van der Waals surface area contributed by atoms with Gasteiger partial charge in [-0.1, -0.05) is 18.0 Å². The maximum atomic E-state index is 6.31. The summed E-state index contributed by atoms with van der Waals surface area (Å²) < 4.78 is 1.83. The molecule has 0 aliphatic carbocycles. The van der Waals surface area contributed by atoms with Crippen LogP contribution in [0.15, 0.2) is 18.6 Å². The van der Waals surface area contributed by atoms with Crippen molar-refractivity contribution in [3.63, 3.8) is 0 Å². The van der Waals surface area contributed by atoms with Crippen LogP contribution in [-0.4, -0.2) is 20.9 Å². The number of halogens is 1. The first-order valence-electron chi connectivity index (χ1n) is 5.57. The second-order valence-electron chi connectivity index (χ2n) is 4.10. The first-order chi connectivity index (χ1) is 7.86. The van der Waals surface area contributed by atoms with Gasteiger partial charge in [-0.2, -0.15) is 0 Å². The molecule has 1 aliphatic heterocycles. The number of nitrogens with one attached hydrogen (secondary N) is 1. The van der Waals surface area contributed by atoms with Crippen LogP contribution in [0.5, 0.6) is 0 Å². The fraction of sp³-hybridized carbons (Fsp3) is 0.455. The van der Waals surface area contributed by atoms with Gasteiger partial charge >= 0.3 is 0 Å². The molecule has 0 aromatic carbocycles. The summed E-state index contributed by atoms with van der Waals surface area (Å²) in [5, 5.41) is 4.14. The summed E-state index contributed by atoms with van der Waals surface area (Å²) in [5.41, 5.74) is 1.82. The standard InChI is InChI=1S/C11H13ClN4/c12-11-10(8-3-1-2-5-14-8)15-9-4-6-13-7-16(9)11/h4,6-8,14H,1-3,5H2. The highest BCUT2D eigenvalue weighted by atomic mass is 35.5. The zero-order valence-corrected chi connectivity index (χ0v) is 9.61. The average Bonchev–Trinajstić information content (AvgIpc) is 2.69. The Morgan fingerprint density at radius 2 is 2.38 bits per heavy atom. The first-order valence-corrected chi connectivity index (χ1v) is 5.95. The highest BCUT2D eigenvalue weighted by Gasteiger charge is 2.21. The van der Waals surface area contributed by atoms with Crippen molar-refractivity contribution in [3.8, 4) is 0 Å². The minimum absolute atomic E-state index is 0.293. The van der Waals surface area contributed by atoms with E-state index in [2.05, 4.69) is 15.3 Å². The summed E-state index contributed by atoms with van der Waals surface area (Å²) in [6, 6.07) is 2.17. The van der Waals surface area contributed by atoms with Gasteiger partial charge in [-0.25, -0.2) is 9.97 Å². The monoisotopic (exact) mass is 236 g/mol. The molecule has 1 aliphatic rings. The number of imidazole rings is 1. The molecule has 3 rings (SSSR count). The van der Waals surface area contributed by atoms with Crippen LogP contribution in [0.3, 0.4) is 0 Å². The summed E-state index contributed by atoms with van der Waals surface area (Å²) in [4.78, 5) is 8.61. The Bertz CT molecular complexity index is 502. The SMILES string of the molecule is Clc1c(C2CCCCN2)nc2ccncn12. The van der Waals surface area contributed by atoms with E-state index < -0.39 is 0 Å². The number of nitrogens with zero attached hydrogens (tertiary/aromatic N) is 3. The average molecular weight is 237 g/mol. The lowest BCUT2D eigenvalue weighted by atomic mass is 10.0. The molecule has 16 heavy (non-hydrogen) atoms. The van der Waals surface area contributed by atoms with Crippen LogP contribution in [0, 0.1) is 0 Å². The molecule has 0 saturated carbocycles. The number of hydrogen-bond donors (Lipinski definition) is 1. The van der Waals surface area contributed by atoms with E-state index in [1.807, 2.05) is 10.5 Å². The molecule has 3 heterocycles. The van der Waals surface area contributed by atoms with E-state index >= 15 is 0 Å². The van der Waals surface area contributed by atoms with Crippen LogP contribution in [0.2, 0.25) is 5.15 Å². The van der Waals surface area contributed by atoms with Gasteiger partial charge in [-0.05, 0) is 25.5 Å². The third-order valence-corrected chi connectivity index (χ3v) is 3.41. The molecular weight excluding hydrogens is 224 g/mol. The molecule has 84 valence electrons. The van der Waals surface area contributed by atoms with Crippen molar-refractivity contribution >= 4 is 17.2 Å². The molecule has 2 aromatic rings. The Labute approximate surface area is 98.7 Å². The number of hydrogen-bond acceptors (Lipinski definition) is 3. The summed E-state index contributed by atoms with van der Waals surface area (Å²) in [6.07, 6.45) is 7.02. The molecular formula is C11H13ClN4. The van der Waals surface area contributed by atoms with Crippen molar-refractivity contribution in [3.05, 3.63) is 29.4 Å². The van der Waals surface area contributed by atoms with Gasteiger partial charge in [0.05, 0.1) is 11.7 Å². The van der Waals surface area contributed by atoms with Crippen molar-refractivity contribution in [1.82, 2.24) is 19.7 Å². The van der Waals surface area contributed by atoms with E-state index in [0.29, 0.717) is 11.2 Å². The predicted molar refractivity (Wildman–Crippen MR) is 62.6 cm³/mol. The van der Waals surface area contributed by atoms with Gasteiger partial charge in [0.15, 0.2) is 0 Å². The fourth-order valence-electron chi connectivity index (χ4n) is 2.20. The van der Waals surface area contributed by atoms with Gasteiger partial charge in [0.1, 0.15) is 17.1 Å². The number of rotatable bonds is 1. The Balaban J connectivity index is 2.05. The largest absolute Gasteiger partial charge is 0.309 e. The number of fused-ring (bicyclic) bond motifs is 1. The van der Waals surface area contributed by atoms with Gasteiger partial charge in [0, 0.05) is 6.20 Å². The van der Waals surface area contributed by atoms with Gasteiger partial charge in [0.2, 0.25) is 0 Å². The van der Waals surface area contributed by atoms with Crippen molar-refractivity contribution in [2.24, 2.45) is 0 Å². The van der Waals surface area contributed by atoms with Crippen LogP contribution in [0.1, 0.15) is 31.0 Å². The van der Waals surface area contributed by atoms with Crippen LogP contribution in [-0.2, 0) is 0 Å². The van der Waals surface area contributed by atoms with Crippen LogP contribution in [0.4, 0.5) is 0 Å². The second-order valence-corrected chi connectivity index (χ2v) is 4.46. The Morgan fingerprint density at radius 1 is 1.44 bits per heavy atom. The first kappa shape index (κ1) is 10.1. The third kappa shape index (κ3) is 1.58. The number of piperidine rings is 1. The van der Waals surface area contributed by atoms with Crippen molar-refractivity contribution in [1.29, 1.82) is 0 Å². The van der Waals surface area contributed by atoms with Gasteiger partial charge < -0.3 is 5.32 Å². The summed E-state index contributed by atoms with van der Waals surface area (Å²) in [5.74, 6) is 0. The zero-order valence-electron chi connectivity index (χ0n) is 8.86. The molecule has 1 fully saturated rings. The van der Waals surface area contributed by atoms with E-state index in [1.165, 1.54) is 12.8 Å². The van der Waals surface area contributed by atoms with Crippen molar-refractivity contribution < 1.29 is 0 Å². The molecule has 1 N–H and O–H groups in total. The van der Waals surface area contributed by atoms with E-state index in [9.17, 15) is 0 Å². The van der Waals surface area contributed by atoms with Crippen LogP contribution >= 0.6 is 11.6 Å². The summed E-state index contributed by atoms with van der Waals surface area (Å²) in [6.45, 7) is 1.05. The third-order valence-electron chi connectivity index (χ3n) is 3.04.